The molecule has 0 aromatic heterocycles. The van der Waals surface area contributed by atoms with Gasteiger partial charge in [-0.3, -0.25) is 4.79 Å². The molecule has 0 N–H and O–H groups in total. The van der Waals surface area contributed by atoms with Gasteiger partial charge in [-0.2, -0.15) is 5.26 Å². The fraction of sp³-hybridized carbons (Fsp3) is 0.167. The van der Waals surface area contributed by atoms with Gasteiger partial charge >= 0.3 is 0 Å². The molecule has 0 saturated carbocycles. The summed E-state index contributed by atoms with van der Waals surface area (Å²) in [6, 6.07) is 23.1. The highest BCUT2D eigenvalue weighted by Gasteiger charge is 2.24. The molecule has 1 atom stereocenters. The maximum atomic E-state index is 12.1. The standard InChI is InChI=1S/C24H19NO3/c1-16-22(12-11-20-21(26)13-14-27-23(16)20)28-24(18-5-3-2-4-6-18)19-9-7-17(15-25)8-10-19/h2-12,24H,13-14H2,1H3/t24-/m1/s1. The number of hydrogen-bond acceptors (Lipinski definition) is 4. The summed E-state index contributed by atoms with van der Waals surface area (Å²) in [6.45, 7) is 2.31. The van der Waals surface area contributed by atoms with Gasteiger partial charge in [0.15, 0.2) is 5.78 Å². The molecule has 0 aliphatic carbocycles. The van der Waals surface area contributed by atoms with Crippen LogP contribution in [0.4, 0.5) is 0 Å². The van der Waals surface area contributed by atoms with E-state index < -0.39 is 0 Å². The Kier molecular flexibility index (Phi) is 4.82. The van der Waals surface area contributed by atoms with Gasteiger partial charge in [0.2, 0.25) is 0 Å². The molecule has 0 saturated heterocycles. The lowest BCUT2D eigenvalue weighted by molar-refractivity contribution is 0.0932. The van der Waals surface area contributed by atoms with E-state index in [1.54, 1.807) is 18.2 Å². The summed E-state index contributed by atoms with van der Waals surface area (Å²) in [5, 5.41) is 9.07. The number of carbonyl (C=O) groups excluding carboxylic acids is 1. The fourth-order valence-electron chi connectivity index (χ4n) is 3.40. The molecule has 4 nitrogen and oxygen atoms in total. The van der Waals surface area contributed by atoms with Crippen LogP contribution in [0.1, 0.15) is 45.1 Å². The zero-order valence-corrected chi connectivity index (χ0v) is 15.5. The monoisotopic (exact) mass is 369 g/mol. The average molecular weight is 369 g/mol. The molecule has 3 aromatic carbocycles. The number of carbonyl (C=O) groups is 1. The molecule has 4 rings (SSSR count). The van der Waals surface area contributed by atoms with Crippen molar-refractivity contribution in [3.05, 3.63) is 94.5 Å². The van der Waals surface area contributed by atoms with E-state index in [0.29, 0.717) is 35.7 Å². The molecule has 1 aliphatic heterocycles. The number of rotatable bonds is 4. The van der Waals surface area contributed by atoms with Crippen LogP contribution in [-0.4, -0.2) is 12.4 Å². The van der Waals surface area contributed by atoms with Gasteiger partial charge in [0.05, 0.1) is 23.8 Å². The number of Topliss-reactive ketones (excluding diaryl/α,β-unsaturated/α-hetero) is 1. The van der Waals surface area contributed by atoms with Crippen molar-refractivity contribution in [1.82, 2.24) is 0 Å². The third kappa shape index (κ3) is 3.35. The van der Waals surface area contributed by atoms with E-state index in [9.17, 15) is 4.79 Å². The van der Waals surface area contributed by atoms with E-state index in [4.69, 9.17) is 14.7 Å². The zero-order valence-electron chi connectivity index (χ0n) is 15.5. The lowest BCUT2D eigenvalue weighted by Gasteiger charge is -2.24. The van der Waals surface area contributed by atoms with Crippen LogP contribution in [-0.2, 0) is 0 Å². The molecule has 0 spiro atoms. The molecule has 1 aliphatic rings. The number of ether oxygens (including phenoxy) is 2. The van der Waals surface area contributed by atoms with Crippen LogP contribution in [0.3, 0.4) is 0 Å². The summed E-state index contributed by atoms with van der Waals surface area (Å²) in [6.07, 6.45) is 0.0647. The Hall–Kier alpha value is -3.58. The maximum absolute atomic E-state index is 12.1. The lowest BCUT2D eigenvalue weighted by Crippen LogP contribution is -2.17. The molecule has 28 heavy (non-hydrogen) atoms. The zero-order chi connectivity index (χ0) is 19.5. The Labute approximate surface area is 164 Å². The van der Waals surface area contributed by atoms with Crippen molar-refractivity contribution in [2.75, 3.05) is 6.61 Å². The SMILES string of the molecule is Cc1c(O[C@H](c2ccccc2)c2ccc(C#N)cc2)ccc2c1OCCC2=O. The van der Waals surface area contributed by atoms with E-state index in [0.717, 1.165) is 16.7 Å². The van der Waals surface area contributed by atoms with Gasteiger partial charge in [-0.1, -0.05) is 42.5 Å². The van der Waals surface area contributed by atoms with Crippen molar-refractivity contribution in [2.45, 2.75) is 19.4 Å². The van der Waals surface area contributed by atoms with Gasteiger partial charge in [0, 0.05) is 12.0 Å². The first-order chi connectivity index (χ1) is 13.7. The molecule has 0 unspecified atom stereocenters. The molecule has 1 heterocycles. The van der Waals surface area contributed by atoms with Crippen LogP contribution in [0.15, 0.2) is 66.7 Å². The van der Waals surface area contributed by atoms with E-state index in [-0.39, 0.29) is 11.9 Å². The highest BCUT2D eigenvalue weighted by molar-refractivity contribution is 6.00. The number of nitriles is 1. The number of benzene rings is 3. The topological polar surface area (TPSA) is 59.3 Å². The molecule has 0 amide bonds. The summed E-state index contributed by atoms with van der Waals surface area (Å²) in [5.41, 5.74) is 3.99. The second kappa shape index (κ2) is 7.58. The smallest absolute Gasteiger partial charge is 0.170 e. The van der Waals surface area contributed by atoms with Crippen molar-refractivity contribution in [2.24, 2.45) is 0 Å². The summed E-state index contributed by atoms with van der Waals surface area (Å²) in [4.78, 5) is 12.1. The molecular formula is C24H19NO3. The molecule has 0 fully saturated rings. The molecule has 138 valence electrons. The maximum Gasteiger partial charge on any atom is 0.170 e. The van der Waals surface area contributed by atoms with Crippen molar-refractivity contribution in [1.29, 1.82) is 5.26 Å². The minimum Gasteiger partial charge on any atom is -0.492 e. The summed E-state index contributed by atoms with van der Waals surface area (Å²) in [5.74, 6) is 1.38. The van der Waals surface area contributed by atoms with E-state index in [1.807, 2.05) is 55.5 Å². The quantitative estimate of drug-likeness (QED) is 0.649. The minimum absolute atomic E-state index is 0.0996. The Bertz CT molecular complexity index is 1050. The predicted molar refractivity (Wildman–Crippen MR) is 106 cm³/mol. The van der Waals surface area contributed by atoms with Crippen molar-refractivity contribution in [3.8, 4) is 17.6 Å². The number of fused-ring (bicyclic) bond motifs is 1. The second-order valence-corrected chi connectivity index (χ2v) is 6.73. The van der Waals surface area contributed by atoms with Crippen molar-refractivity contribution in [3.63, 3.8) is 0 Å². The summed E-state index contributed by atoms with van der Waals surface area (Å²) >= 11 is 0. The first-order valence-electron chi connectivity index (χ1n) is 9.18. The molecular weight excluding hydrogens is 350 g/mol. The molecule has 0 radical (unpaired) electrons. The van der Waals surface area contributed by atoms with Gasteiger partial charge in [0.25, 0.3) is 0 Å². The predicted octanol–water partition coefficient (Wildman–Crippen LogP) is 5.00. The number of nitrogens with zero attached hydrogens (tertiary/aromatic N) is 1. The Morgan fingerprint density at radius 2 is 1.71 bits per heavy atom. The van der Waals surface area contributed by atoms with Crippen molar-refractivity contribution < 1.29 is 14.3 Å². The van der Waals surface area contributed by atoms with E-state index >= 15 is 0 Å². The van der Waals surface area contributed by atoms with Crippen LogP contribution in [0.5, 0.6) is 11.5 Å². The van der Waals surface area contributed by atoms with E-state index in [2.05, 4.69) is 6.07 Å². The number of ketones is 1. The van der Waals surface area contributed by atoms with Crippen LogP contribution >= 0.6 is 0 Å². The largest absolute Gasteiger partial charge is 0.492 e. The van der Waals surface area contributed by atoms with Gasteiger partial charge in [0.1, 0.15) is 17.6 Å². The summed E-state index contributed by atoms with van der Waals surface area (Å²) in [7, 11) is 0. The third-order valence-corrected chi connectivity index (χ3v) is 4.92. The van der Waals surface area contributed by atoms with Crippen LogP contribution < -0.4 is 9.47 Å². The lowest BCUT2D eigenvalue weighted by atomic mass is 9.99. The first-order valence-corrected chi connectivity index (χ1v) is 9.18. The number of hydrogen-bond donors (Lipinski definition) is 0. The normalized spacial score (nSPS) is 13.8. The highest BCUT2D eigenvalue weighted by Crippen LogP contribution is 2.38. The average Bonchev–Trinajstić information content (AvgIpc) is 2.75. The molecule has 3 aromatic rings. The van der Waals surface area contributed by atoms with Crippen LogP contribution in [0.25, 0.3) is 0 Å². The summed E-state index contributed by atoms with van der Waals surface area (Å²) < 4.78 is 12.2. The fourth-order valence-corrected chi connectivity index (χ4v) is 3.40. The molecule has 0 bridgehead atoms. The first kappa shape index (κ1) is 17.8. The molecule has 4 heteroatoms. The van der Waals surface area contributed by atoms with Gasteiger partial charge < -0.3 is 9.47 Å². The second-order valence-electron chi connectivity index (χ2n) is 6.73. The Morgan fingerprint density at radius 1 is 1.00 bits per heavy atom. The highest BCUT2D eigenvalue weighted by atomic mass is 16.5. The Morgan fingerprint density at radius 3 is 2.43 bits per heavy atom. The van der Waals surface area contributed by atoms with E-state index in [1.165, 1.54) is 0 Å². The van der Waals surface area contributed by atoms with Crippen molar-refractivity contribution >= 4 is 5.78 Å². The Balaban J connectivity index is 1.74. The van der Waals surface area contributed by atoms with Gasteiger partial charge in [-0.05, 0) is 42.3 Å². The minimum atomic E-state index is -0.343. The third-order valence-electron chi connectivity index (χ3n) is 4.92. The van der Waals surface area contributed by atoms with Crippen LogP contribution in [0.2, 0.25) is 0 Å². The van der Waals surface area contributed by atoms with Gasteiger partial charge in [-0.25, -0.2) is 0 Å². The van der Waals surface area contributed by atoms with Gasteiger partial charge in [-0.15, -0.1) is 0 Å². The van der Waals surface area contributed by atoms with Crippen LogP contribution in [0, 0.1) is 18.3 Å².